The van der Waals surface area contributed by atoms with Crippen molar-refractivity contribution < 1.29 is 14.6 Å². The first-order valence-corrected chi connectivity index (χ1v) is 5.18. The molecule has 5 heteroatoms. The molecule has 0 bridgehead atoms. The van der Waals surface area contributed by atoms with Gasteiger partial charge in [0.2, 0.25) is 0 Å². The number of ether oxygens (including phenoxy) is 1. The molecule has 1 atom stereocenters. The van der Waals surface area contributed by atoms with Gasteiger partial charge in [0, 0.05) is 12.2 Å². The van der Waals surface area contributed by atoms with E-state index in [1.807, 2.05) is 0 Å². The number of esters is 1. The Morgan fingerprint density at radius 2 is 2.44 bits per heavy atom. The third-order valence-electron chi connectivity index (χ3n) is 1.96. The molecule has 5 nitrogen and oxygen atoms in total. The van der Waals surface area contributed by atoms with Crippen LogP contribution in [0.5, 0.6) is 0 Å². The summed E-state index contributed by atoms with van der Waals surface area (Å²) < 4.78 is 4.90. The highest BCUT2D eigenvalue weighted by molar-refractivity contribution is 5.94. The highest BCUT2D eigenvalue weighted by Crippen LogP contribution is 2.13. The fraction of sp³-hybridized carbons (Fsp3) is 0.455. The number of hydrogen-bond acceptors (Lipinski definition) is 5. The lowest BCUT2D eigenvalue weighted by atomic mass is 10.2. The molecule has 1 heterocycles. The molecule has 16 heavy (non-hydrogen) atoms. The van der Waals surface area contributed by atoms with Gasteiger partial charge in [-0.2, -0.15) is 0 Å². The first-order valence-electron chi connectivity index (χ1n) is 5.18. The van der Waals surface area contributed by atoms with Gasteiger partial charge in [-0.3, -0.25) is 0 Å². The molecule has 1 rings (SSSR count). The lowest BCUT2D eigenvalue weighted by Gasteiger charge is -2.14. The maximum atomic E-state index is 11.6. The van der Waals surface area contributed by atoms with E-state index in [2.05, 4.69) is 10.3 Å². The summed E-state index contributed by atoms with van der Waals surface area (Å²) in [7, 11) is 0. The standard InChI is InChI=1S/C11H16N2O3/c1-3-16-11(15)9-5-4-6-12-10(9)13-8(2)7-14/h4-6,8,14H,3,7H2,1-2H3,(H,12,13). The average Bonchev–Trinajstić information content (AvgIpc) is 2.30. The molecule has 0 aromatic carbocycles. The van der Waals surface area contributed by atoms with Crippen molar-refractivity contribution in [3.05, 3.63) is 23.9 Å². The van der Waals surface area contributed by atoms with Crippen molar-refractivity contribution in [1.82, 2.24) is 4.98 Å². The first-order chi connectivity index (χ1) is 7.69. The second-order valence-electron chi connectivity index (χ2n) is 3.35. The van der Waals surface area contributed by atoms with E-state index in [9.17, 15) is 4.79 Å². The minimum absolute atomic E-state index is 0.0289. The Bertz CT molecular complexity index is 355. The van der Waals surface area contributed by atoms with Gasteiger partial charge in [0.25, 0.3) is 0 Å². The van der Waals surface area contributed by atoms with Gasteiger partial charge in [0.15, 0.2) is 0 Å². The Morgan fingerprint density at radius 1 is 1.69 bits per heavy atom. The minimum Gasteiger partial charge on any atom is -0.462 e. The van der Waals surface area contributed by atoms with Crippen molar-refractivity contribution in [2.75, 3.05) is 18.5 Å². The number of rotatable bonds is 5. The van der Waals surface area contributed by atoms with E-state index < -0.39 is 5.97 Å². The monoisotopic (exact) mass is 224 g/mol. The third kappa shape index (κ3) is 3.20. The maximum Gasteiger partial charge on any atom is 0.341 e. The topological polar surface area (TPSA) is 71.5 Å². The summed E-state index contributed by atoms with van der Waals surface area (Å²) in [4.78, 5) is 15.6. The van der Waals surface area contributed by atoms with Crippen LogP contribution in [-0.2, 0) is 4.74 Å². The molecule has 0 saturated carbocycles. The van der Waals surface area contributed by atoms with Crippen molar-refractivity contribution in [1.29, 1.82) is 0 Å². The molecule has 0 radical (unpaired) electrons. The lowest BCUT2D eigenvalue weighted by Crippen LogP contribution is -2.22. The van der Waals surface area contributed by atoms with E-state index in [0.717, 1.165) is 0 Å². The van der Waals surface area contributed by atoms with Crippen LogP contribution in [0.15, 0.2) is 18.3 Å². The van der Waals surface area contributed by atoms with Crippen LogP contribution in [0, 0.1) is 0 Å². The number of nitrogens with one attached hydrogen (secondary N) is 1. The van der Waals surface area contributed by atoms with Crippen LogP contribution in [-0.4, -0.2) is 35.3 Å². The largest absolute Gasteiger partial charge is 0.462 e. The maximum absolute atomic E-state index is 11.6. The first kappa shape index (κ1) is 12.4. The smallest absolute Gasteiger partial charge is 0.341 e. The van der Waals surface area contributed by atoms with Crippen molar-refractivity contribution in [3.63, 3.8) is 0 Å². The molecule has 2 N–H and O–H groups in total. The summed E-state index contributed by atoms with van der Waals surface area (Å²) >= 11 is 0. The summed E-state index contributed by atoms with van der Waals surface area (Å²) in [6, 6.07) is 3.14. The Morgan fingerprint density at radius 3 is 3.06 bits per heavy atom. The van der Waals surface area contributed by atoms with Gasteiger partial charge in [0.1, 0.15) is 11.4 Å². The van der Waals surface area contributed by atoms with E-state index >= 15 is 0 Å². The Labute approximate surface area is 94.5 Å². The van der Waals surface area contributed by atoms with Crippen molar-refractivity contribution in [2.45, 2.75) is 19.9 Å². The van der Waals surface area contributed by atoms with Crippen LogP contribution in [0.2, 0.25) is 0 Å². The predicted molar refractivity (Wildman–Crippen MR) is 60.4 cm³/mol. The average molecular weight is 224 g/mol. The zero-order valence-electron chi connectivity index (χ0n) is 9.43. The van der Waals surface area contributed by atoms with Gasteiger partial charge >= 0.3 is 5.97 Å². The van der Waals surface area contributed by atoms with Crippen molar-refractivity contribution in [2.24, 2.45) is 0 Å². The Hall–Kier alpha value is -1.62. The number of hydrogen-bond donors (Lipinski definition) is 2. The molecule has 88 valence electrons. The third-order valence-corrected chi connectivity index (χ3v) is 1.96. The number of nitrogens with zero attached hydrogens (tertiary/aromatic N) is 1. The number of aromatic nitrogens is 1. The molecular weight excluding hydrogens is 208 g/mol. The fourth-order valence-corrected chi connectivity index (χ4v) is 1.17. The number of carbonyl (C=O) groups excluding carboxylic acids is 1. The zero-order valence-corrected chi connectivity index (χ0v) is 9.43. The van der Waals surface area contributed by atoms with E-state index in [0.29, 0.717) is 18.0 Å². The van der Waals surface area contributed by atoms with Gasteiger partial charge in [-0.1, -0.05) is 0 Å². The van der Waals surface area contributed by atoms with E-state index in [-0.39, 0.29) is 12.6 Å². The number of aliphatic hydroxyl groups is 1. The highest BCUT2D eigenvalue weighted by Gasteiger charge is 2.14. The SMILES string of the molecule is CCOC(=O)c1cccnc1NC(C)CO. The molecule has 0 spiro atoms. The molecule has 1 aromatic rings. The summed E-state index contributed by atoms with van der Waals surface area (Å²) in [5.41, 5.74) is 0.379. The van der Waals surface area contributed by atoms with Crippen LogP contribution in [0.25, 0.3) is 0 Å². The minimum atomic E-state index is -0.414. The van der Waals surface area contributed by atoms with Crippen LogP contribution in [0.3, 0.4) is 0 Å². The molecule has 0 amide bonds. The van der Waals surface area contributed by atoms with Gasteiger partial charge < -0.3 is 15.2 Å². The fourth-order valence-electron chi connectivity index (χ4n) is 1.17. The van der Waals surface area contributed by atoms with Crippen LogP contribution >= 0.6 is 0 Å². The second kappa shape index (κ2) is 6.07. The number of aliphatic hydroxyl groups excluding tert-OH is 1. The zero-order chi connectivity index (χ0) is 12.0. The van der Waals surface area contributed by atoms with E-state index in [1.165, 1.54) is 0 Å². The lowest BCUT2D eigenvalue weighted by molar-refractivity contribution is 0.0527. The molecule has 0 fully saturated rings. The molecule has 0 aliphatic rings. The van der Waals surface area contributed by atoms with E-state index in [1.54, 1.807) is 32.2 Å². The molecule has 1 unspecified atom stereocenters. The Kier molecular flexibility index (Phi) is 4.72. The predicted octanol–water partition coefficient (Wildman–Crippen LogP) is 1.05. The Balaban J connectivity index is 2.87. The van der Waals surface area contributed by atoms with Crippen LogP contribution < -0.4 is 5.32 Å². The van der Waals surface area contributed by atoms with Crippen LogP contribution in [0.4, 0.5) is 5.82 Å². The van der Waals surface area contributed by atoms with Crippen molar-refractivity contribution in [3.8, 4) is 0 Å². The summed E-state index contributed by atoms with van der Waals surface area (Å²) in [6.45, 7) is 3.84. The normalized spacial score (nSPS) is 11.9. The van der Waals surface area contributed by atoms with Crippen LogP contribution in [0.1, 0.15) is 24.2 Å². The molecule has 0 aliphatic heterocycles. The number of anilines is 1. The summed E-state index contributed by atoms with van der Waals surface area (Å²) in [5.74, 6) is 0.0192. The van der Waals surface area contributed by atoms with Gasteiger partial charge in [-0.15, -0.1) is 0 Å². The van der Waals surface area contributed by atoms with Gasteiger partial charge in [-0.05, 0) is 26.0 Å². The quantitative estimate of drug-likeness (QED) is 0.731. The second-order valence-corrected chi connectivity index (χ2v) is 3.35. The highest BCUT2D eigenvalue weighted by atomic mass is 16.5. The number of carbonyl (C=O) groups is 1. The van der Waals surface area contributed by atoms with Gasteiger partial charge in [-0.25, -0.2) is 9.78 Å². The summed E-state index contributed by atoms with van der Waals surface area (Å²) in [6.07, 6.45) is 1.58. The molecular formula is C11H16N2O3. The van der Waals surface area contributed by atoms with E-state index in [4.69, 9.17) is 9.84 Å². The van der Waals surface area contributed by atoms with Gasteiger partial charge in [0.05, 0.1) is 13.2 Å². The summed E-state index contributed by atoms with van der Waals surface area (Å²) in [5, 5.41) is 11.9. The molecule has 0 saturated heterocycles. The number of pyridine rings is 1. The molecule has 1 aromatic heterocycles. The van der Waals surface area contributed by atoms with Crippen molar-refractivity contribution >= 4 is 11.8 Å². The molecule has 0 aliphatic carbocycles.